The van der Waals surface area contributed by atoms with Crippen LogP contribution in [0.2, 0.25) is 0 Å². The molecule has 12 atom stereocenters. The summed E-state index contributed by atoms with van der Waals surface area (Å²) < 4.78 is 22.7. The Kier molecular flexibility index (Phi) is 38.5. The number of nitrogens with one attached hydrogen (secondary N) is 1. The molecule has 0 aromatic carbocycles. The monoisotopic (exact) mass is 1000 g/mol. The van der Waals surface area contributed by atoms with Crippen LogP contribution < -0.4 is 5.32 Å². The summed E-state index contributed by atoms with van der Waals surface area (Å²) in [6.45, 7) is 2.59. The van der Waals surface area contributed by atoms with Crippen LogP contribution >= 0.6 is 0 Å². The normalized spacial score (nSPS) is 26.5. The third-order valence-electron chi connectivity index (χ3n) is 12.8. The van der Waals surface area contributed by atoms with Crippen molar-refractivity contribution in [3.8, 4) is 0 Å². The second-order valence-electron chi connectivity index (χ2n) is 19.0. The first-order valence-electron chi connectivity index (χ1n) is 27.3. The zero-order chi connectivity index (χ0) is 51.7. The molecule has 2 heterocycles. The maximum absolute atomic E-state index is 13.2. The van der Waals surface area contributed by atoms with Crippen molar-refractivity contribution in [2.75, 3.05) is 19.8 Å². The third kappa shape index (κ3) is 29.0. The minimum atomic E-state index is -1.79. The summed E-state index contributed by atoms with van der Waals surface area (Å²) in [7, 11) is 0. The van der Waals surface area contributed by atoms with Gasteiger partial charge in [0.25, 0.3) is 0 Å². The number of allylic oxidation sites excluding steroid dienone is 13. The summed E-state index contributed by atoms with van der Waals surface area (Å²) in [5, 5.41) is 86.7. The Labute approximate surface area is 427 Å². The van der Waals surface area contributed by atoms with Crippen molar-refractivity contribution in [1.29, 1.82) is 0 Å². The van der Waals surface area contributed by atoms with Crippen LogP contribution in [-0.4, -0.2) is 140 Å². The Bertz CT molecular complexity index is 1510. The van der Waals surface area contributed by atoms with Crippen LogP contribution in [0.15, 0.2) is 85.1 Å². The molecular formula is C57H97NO13. The van der Waals surface area contributed by atoms with E-state index < -0.39 is 86.8 Å². The number of carbonyl (C=O) groups is 1. The van der Waals surface area contributed by atoms with Gasteiger partial charge in [0.15, 0.2) is 12.6 Å². The molecule has 0 saturated carbocycles. The minimum Gasteiger partial charge on any atom is -0.394 e. The summed E-state index contributed by atoms with van der Waals surface area (Å²) in [6.07, 6.45) is 39.3. The predicted octanol–water partition coefficient (Wildman–Crippen LogP) is 8.16. The SMILES string of the molecule is CC/C=C\C/C=C\C/C=C\C/C=C\C/C=C\CCCCCCCCCCCCCC(=O)NC(COC1OC(CO)C(OC2OC(CO)C(O)C(O)C2O)C(O)C1O)C(O)/C=C/CC/C=C/CCCCCC. The number of hydrogen-bond acceptors (Lipinski definition) is 13. The van der Waals surface area contributed by atoms with Crippen molar-refractivity contribution >= 4 is 5.91 Å². The minimum absolute atomic E-state index is 0.259. The van der Waals surface area contributed by atoms with Crippen molar-refractivity contribution in [2.45, 2.75) is 248 Å². The molecule has 0 aromatic rings. The second-order valence-corrected chi connectivity index (χ2v) is 19.0. The van der Waals surface area contributed by atoms with Crippen LogP contribution in [0.3, 0.4) is 0 Å². The molecule has 2 rings (SSSR count). The summed E-state index contributed by atoms with van der Waals surface area (Å²) in [6, 6.07) is -0.936. The van der Waals surface area contributed by atoms with Crippen LogP contribution in [0.1, 0.15) is 174 Å². The maximum atomic E-state index is 13.2. The van der Waals surface area contributed by atoms with E-state index in [1.54, 1.807) is 6.08 Å². The lowest BCUT2D eigenvalue weighted by Crippen LogP contribution is -2.65. The van der Waals surface area contributed by atoms with Crippen LogP contribution in [-0.2, 0) is 23.7 Å². The zero-order valence-corrected chi connectivity index (χ0v) is 43.4. The fourth-order valence-corrected chi connectivity index (χ4v) is 8.39. The lowest BCUT2D eigenvalue weighted by molar-refractivity contribution is -0.359. The molecule has 0 radical (unpaired) electrons. The molecule has 0 aliphatic carbocycles. The summed E-state index contributed by atoms with van der Waals surface area (Å²) in [5.41, 5.74) is 0. The first-order valence-corrected chi connectivity index (χ1v) is 27.3. The molecule has 9 N–H and O–H groups in total. The number of amides is 1. The average Bonchev–Trinajstić information content (AvgIpc) is 3.37. The molecule has 2 saturated heterocycles. The Hall–Kier alpha value is -2.83. The number of ether oxygens (including phenoxy) is 4. The maximum Gasteiger partial charge on any atom is 0.220 e. The molecule has 71 heavy (non-hydrogen) atoms. The van der Waals surface area contributed by atoms with Gasteiger partial charge in [-0.3, -0.25) is 4.79 Å². The van der Waals surface area contributed by atoms with Crippen molar-refractivity contribution in [1.82, 2.24) is 5.32 Å². The molecule has 408 valence electrons. The lowest BCUT2D eigenvalue weighted by Gasteiger charge is -2.46. The van der Waals surface area contributed by atoms with Gasteiger partial charge < -0.3 is 65.1 Å². The van der Waals surface area contributed by atoms with Crippen molar-refractivity contribution in [2.24, 2.45) is 0 Å². The number of unbranched alkanes of at least 4 members (excludes halogenated alkanes) is 16. The van der Waals surface area contributed by atoms with E-state index in [9.17, 15) is 45.6 Å². The van der Waals surface area contributed by atoms with Crippen LogP contribution in [0, 0.1) is 0 Å². The Morgan fingerprint density at radius 3 is 1.55 bits per heavy atom. The molecule has 12 unspecified atom stereocenters. The predicted molar refractivity (Wildman–Crippen MR) is 281 cm³/mol. The standard InChI is InChI=1S/C57H97NO13/c1-3-5-7-9-11-13-15-16-17-18-19-20-21-22-23-24-25-26-27-28-29-30-31-33-35-37-39-41-49(62)58-45(46(61)40-38-36-34-32-14-12-10-8-6-4-2)44-68-56-54(67)52(65)55(48(43-60)70-56)71-57-53(66)51(64)50(63)47(42-59)69-57/h5,7,11,13-14,16-17,19-20,22-23,32,38,40,45-48,50-57,59-61,63-67H,3-4,6,8-10,12,15,18,21,24-31,33-37,39,41-44H2,1-2H3,(H,58,62)/b7-5-,13-11-,17-16-,20-19-,23-22-,32-14+,40-38+. The fraction of sp³-hybridized carbons (Fsp3) is 0.737. The summed E-state index contributed by atoms with van der Waals surface area (Å²) >= 11 is 0. The van der Waals surface area contributed by atoms with Gasteiger partial charge >= 0.3 is 0 Å². The second kappa shape index (κ2) is 42.5. The first-order chi connectivity index (χ1) is 34.6. The van der Waals surface area contributed by atoms with E-state index in [2.05, 4.69) is 92.1 Å². The van der Waals surface area contributed by atoms with E-state index in [4.69, 9.17) is 18.9 Å². The van der Waals surface area contributed by atoms with Gasteiger partial charge in [0.1, 0.15) is 48.8 Å². The van der Waals surface area contributed by atoms with Gasteiger partial charge in [-0.1, -0.05) is 176 Å². The summed E-state index contributed by atoms with van der Waals surface area (Å²) in [5.74, 6) is -0.259. The third-order valence-corrected chi connectivity index (χ3v) is 12.8. The molecule has 1 amide bonds. The van der Waals surface area contributed by atoms with E-state index in [1.807, 2.05) is 6.08 Å². The molecule has 0 bridgehead atoms. The molecule has 0 spiro atoms. The molecule has 2 aliphatic rings. The highest BCUT2D eigenvalue weighted by atomic mass is 16.7. The number of rotatable bonds is 41. The smallest absolute Gasteiger partial charge is 0.220 e. The Morgan fingerprint density at radius 2 is 0.986 bits per heavy atom. The molecule has 14 heteroatoms. The lowest BCUT2D eigenvalue weighted by atomic mass is 9.97. The van der Waals surface area contributed by atoms with Crippen molar-refractivity contribution in [3.63, 3.8) is 0 Å². The number of hydrogen-bond donors (Lipinski definition) is 9. The highest BCUT2D eigenvalue weighted by Crippen LogP contribution is 2.30. The molecule has 14 nitrogen and oxygen atoms in total. The average molecular weight is 1000 g/mol. The largest absolute Gasteiger partial charge is 0.394 e. The Balaban J connectivity index is 1.72. The van der Waals surface area contributed by atoms with Crippen LogP contribution in [0.5, 0.6) is 0 Å². The zero-order valence-electron chi connectivity index (χ0n) is 43.4. The van der Waals surface area contributed by atoms with Gasteiger partial charge in [-0.25, -0.2) is 0 Å². The number of aliphatic hydroxyl groups is 8. The number of aliphatic hydroxyl groups excluding tert-OH is 8. The van der Waals surface area contributed by atoms with Crippen LogP contribution in [0.4, 0.5) is 0 Å². The Morgan fingerprint density at radius 1 is 0.521 bits per heavy atom. The summed E-state index contributed by atoms with van der Waals surface area (Å²) in [4.78, 5) is 13.2. The molecule has 0 aromatic heterocycles. The van der Waals surface area contributed by atoms with E-state index >= 15 is 0 Å². The van der Waals surface area contributed by atoms with Gasteiger partial charge in [-0.2, -0.15) is 0 Å². The van der Waals surface area contributed by atoms with E-state index in [0.29, 0.717) is 12.8 Å². The van der Waals surface area contributed by atoms with Gasteiger partial charge in [0.05, 0.1) is 32.0 Å². The molecule has 2 aliphatic heterocycles. The van der Waals surface area contributed by atoms with Gasteiger partial charge in [0, 0.05) is 6.42 Å². The fourth-order valence-electron chi connectivity index (χ4n) is 8.39. The quantitative estimate of drug-likeness (QED) is 0.0208. The first kappa shape index (κ1) is 64.3. The van der Waals surface area contributed by atoms with E-state index in [1.165, 1.54) is 64.2 Å². The molecule has 2 fully saturated rings. The highest BCUT2D eigenvalue weighted by Gasteiger charge is 2.51. The highest BCUT2D eigenvalue weighted by molar-refractivity contribution is 5.76. The van der Waals surface area contributed by atoms with Gasteiger partial charge in [-0.15, -0.1) is 0 Å². The number of carbonyl (C=O) groups excluding carboxylic acids is 1. The van der Waals surface area contributed by atoms with Crippen molar-refractivity contribution in [3.05, 3.63) is 85.1 Å². The van der Waals surface area contributed by atoms with Gasteiger partial charge in [0.2, 0.25) is 5.91 Å². The van der Waals surface area contributed by atoms with Crippen molar-refractivity contribution < 1.29 is 64.6 Å². The topological polar surface area (TPSA) is 228 Å². The van der Waals surface area contributed by atoms with Gasteiger partial charge in [-0.05, 0) is 77.0 Å². The van der Waals surface area contributed by atoms with E-state index in [-0.39, 0.29) is 18.9 Å². The van der Waals surface area contributed by atoms with E-state index in [0.717, 1.165) is 77.0 Å². The molecular weight excluding hydrogens is 907 g/mol. The van der Waals surface area contributed by atoms with Crippen LogP contribution in [0.25, 0.3) is 0 Å².